The molecule has 0 saturated carbocycles. The molecule has 4 nitrogen and oxygen atoms in total. The number of anilines is 3. The Bertz CT molecular complexity index is 3480. The largest absolute Gasteiger partial charge is 0.456 e. The van der Waals surface area contributed by atoms with Crippen LogP contribution in [0.1, 0.15) is 0 Å². The molecule has 58 heavy (non-hydrogen) atoms. The van der Waals surface area contributed by atoms with E-state index in [4.69, 9.17) is 8.83 Å². The number of hydrogen-bond acceptors (Lipinski definition) is 3. The maximum atomic E-state index is 6.72. The Morgan fingerprint density at radius 1 is 0.362 bits per heavy atom. The molecule has 0 bridgehead atoms. The van der Waals surface area contributed by atoms with Crippen LogP contribution in [0, 0.1) is 0 Å². The zero-order valence-corrected chi connectivity index (χ0v) is 31.3. The summed E-state index contributed by atoms with van der Waals surface area (Å²) >= 11 is 0. The Labute approximate surface area is 334 Å². The topological polar surface area (TPSA) is 34.5 Å². The van der Waals surface area contributed by atoms with Gasteiger partial charge in [-0.2, -0.15) is 0 Å². The summed E-state index contributed by atoms with van der Waals surface area (Å²) < 4.78 is 15.8. The van der Waals surface area contributed by atoms with Gasteiger partial charge in [-0.1, -0.05) is 133 Å². The Balaban J connectivity index is 1.08. The van der Waals surface area contributed by atoms with Crippen molar-refractivity contribution in [2.45, 2.75) is 0 Å². The van der Waals surface area contributed by atoms with Crippen molar-refractivity contribution in [3.05, 3.63) is 206 Å². The number of para-hydroxylation sites is 5. The van der Waals surface area contributed by atoms with E-state index in [0.717, 1.165) is 94.2 Å². The normalized spacial score (nSPS) is 11.8. The van der Waals surface area contributed by atoms with Crippen molar-refractivity contribution in [2.75, 3.05) is 4.90 Å². The zero-order chi connectivity index (χ0) is 38.2. The minimum atomic E-state index is 0.840. The van der Waals surface area contributed by atoms with Gasteiger partial charge in [0.15, 0.2) is 0 Å². The van der Waals surface area contributed by atoms with Crippen LogP contribution >= 0.6 is 0 Å². The maximum Gasteiger partial charge on any atom is 0.143 e. The van der Waals surface area contributed by atoms with Gasteiger partial charge in [-0.05, 0) is 77.9 Å². The van der Waals surface area contributed by atoms with Crippen LogP contribution in [0.2, 0.25) is 0 Å². The summed E-state index contributed by atoms with van der Waals surface area (Å²) in [6, 6.07) is 73.0. The molecule has 9 aromatic carbocycles. The van der Waals surface area contributed by atoms with Crippen LogP contribution < -0.4 is 4.90 Å². The summed E-state index contributed by atoms with van der Waals surface area (Å²) in [4.78, 5) is 2.31. The van der Waals surface area contributed by atoms with Crippen molar-refractivity contribution in [3.8, 4) is 27.9 Å². The third kappa shape index (κ3) is 4.95. The predicted octanol–water partition coefficient (Wildman–Crippen LogP) is 15.4. The fourth-order valence-corrected chi connectivity index (χ4v) is 9.03. The number of hydrogen-bond donors (Lipinski definition) is 0. The highest BCUT2D eigenvalue weighted by Gasteiger charge is 2.25. The Morgan fingerprint density at radius 3 is 1.69 bits per heavy atom. The molecular weight excluding hydrogens is 709 g/mol. The summed E-state index contributed by atoms with van der Waals surface area (Å²) in [6.45, 7) is 0. The minimum absolute atomic E-state index is 0.840. The van der Waals surface area contributed by atoms with Gasteiger partial charge < -0.3 is 18.3 Å². The lowest BCUT2D eigenvalue weighted by atomic mass is 9.93. The molecule has 0 radical (unpaired) electrons. The third-order valence-electron chi connectivity index (χ3n) is 11.6. The van der Waals surface area contributed by atoms with E-state index in [0.29, 0.717) is 0 Å². The average Bonchev–Trinajstić information content (AvgIpc) is 3.97. The van der Waals surface area contributed by atoms with E-state index < -0.39 is 0 Å². The molecule has 4 heteroatoms. The molecule has 0 aliphatic carbocycles. The first-order valence-electron chi connectivity index (χ1n) is 19.7. The van der Waals surface area contributed by atoms with Crippen molar-refractivity contribution in [3.63, 3.8) is 0 Å². The monoisotopic (exact) mass is 742 g/mol. The molecule has 0 saturated heterocycles. The smallest absolute Gasteiger partial charge is 0.143 e. The number of rotatable bonds is 6. The van der Waals surface area contributed by atoms with E-state index in [-0.39, 0.29) is 0 Å². The van der Waals surface area contributed by atoms with E-state index in [2.05, 4.69) is 204 Å². The van der Waals surface area contributed by atoms with Gasteiger partial charge in [-0.15, -0.1) is 0 Å². The molecule has 0 aliphatic rings. The lowest BCUT2D eigenvalue weighted by Crippen LogP contribution is -2.10. The molecule has 0 unspecified atom stereocenters. The van der Waals surface area contributed by atoms with Crippen LogP contribution in [0.15, 0.2) is 215 Å². The first-order valence-corrected chi connectivity index (χ1v) is 19.7. The SMILES string of the molecule is c1ccc(-c2ccc(N(c3ccccc3)c3ccc(-n4c5ccccc5c5c(-c6cccc7c6oc6ccccc67)c6c(cc54)oc4ccccc46)cc3)cc2)cc1. The number of nitrogens with zero attached hydrogens (tertiary/aromatic N) is 2. The van der Waals surface area contributed by atoms with Gasteiger partial charge >= 0.3 is 0 Å². The van der Waals surface area contributed by atoms with Crippen molar-refractivity contribution in [1.82, 2.24) is 4.57 Å². The molecule has 12 rings (SSSR count). The van der Waals surface area contributed by atoms with Crippen molar-refractivity contribution >= 4 is 82.7 Å². The zero-order valence-electron chi connectivity index (χ0n) is 31.3. The molecule has 0 spiro atoms. The number of benzene rings is 9. The van der Waals surface area contributed by atoms with Gasteiger partial charge in [0.2, 0.25) is 0 Å². The molecular formula is C54H34N2O2. The molecule has 272 valence electrons. The van der Waals surface area contributed by atoms with Crippen molar-refractivity contribution in [2.24, 2.45) is 0 Å². The van der Waals surface area contributed by atoms with Gasteiger partial charge in [0, 0.05) is 72.3 Å². The van der Waals surface area contributed by atoms with Crippen LogP contribution in [0.3, 0.4) is 0 Å². The summed E-state index contributed by atoms with van der Waals surface area (Å²) in [5, 5.41) is 6.71. The Kier molecular flexibility index (Phi) is 7.20. The van der Waals surface area contributed by atoms with Gasteiger partial charge in [-0.25, -0.2) is 0 Å². The lowest BCUT2D eigenvalue weighted by molar-refractivity contribution is 0.669. The van der Waals surface area contributed by atoms with Gasteiger partial charge in [0.1, 0.15) is 22.3 Å². The summed E-state index contributed by atoms with van der Waals surface area (Å²) in [5.74, 6) is 0. The Morgan fingerprint density at radius 2 is 0.931 bits per heavy atom. The van der Waals surface area contributed by atoms with Crippen LogP contribution in [0.5, 0.6) is 0 Å². The van der Waals surface area contributed by atoms with E-state index in [9.17, 15) is 0 Å². The van der Waals surface area contributed by atoms with E-state index in [1.165, 1.54) is 16.5 Å². The molecule has 0 amide bonds. The number of aromatic nitrogens is 1. The first-order chi connectivity index (χ1) is 28.8. The number of fused-ring (bicyclic) bond motifs is 9. The summed E-state index contributed by atoms with van der Waals surface area (Å²) in [5.41, 5.74) is 14.5. The highest BCUT2D eigenvalue weighted by Crippen LogP contribution is 2.49. The van der Waals surface area contributed by atoms with E-state index in [1.54, 1.807) is 0 Å². The lowest BCUT2D eigenvalue weighted by Gasteiger charge is -2.26. The van der Waals surface area contributed by atoms with Gasteiger partial charge in [0.05, 0.1) is 11.0 Å². The van der Waals surface area contributed by atoms with E-state index >= 15 is 0 Å². The predicted molar refractivity (Wildman–Crippen MR) is 241 cm³/mol. The van der Waals surface area contributed by atoms with Crippen LogP contribution in [0.4, 0.5) is 17.1 Å². The molecule has 0 fully saturated rings. The van der Waals surface area contributed by atoms with Crippen LogP contribution in [-0.2, 0) is 0 Å². The average molecular weight is 743 g/mol. The van der Waals surface area contributed by atoms with Crippen LogP contribution in [0.25, 0.3) is 93.6 Å². The molecule has 3 aromatic heterocycles. The summed E-state index contributed by atoms with van der Waals surface area (Å²) in [7, 11) is 0. The van der Waals surface area contributed by atoms with Crippen molar-refractivity contribution in [1.29, 1.82) is 0 Å². The fraction of sp³-hybridized carbons (Fsp3) is 0. The van der Waals surface area contributed by atoms with E-state index in [1.807, 2.05) is 12.1 Å². The second-order valence-corrected chi connectivity index (χ2v) is 14.9. The third-order valence-corrected chi connectivity index (χ3v) is 11.6. The standard InChI is InChI=1S/C54H34N2O2/c1-3-14-35(15-4-1)36-26-28-38(29-27-36)55(37-16-5-2-6-17-37)39-30-32-40(33-31-39)56-46-23-10-7-19-43(46)51-47(56)34-50-52(44-20-9-12-25-49(44)57-50)53(51)45-22-13-21-42-41-18-8-11-24-48(41)58-54(42)45/h1-34H. The molecule has 3 heterocycles. The highest BCUT2D eigenvalue weighted by atomic mass is 16.3. The number of furan rings is 2. The first kappa shape index (κ1) is 32.4. The minimum Gasteiger partial charge on any atom is -0.456 e. The highest BCUT2D eigenvalue weighted by molar-refractivity contribution is 6.29. The Hall–Kier alpha value is -7.82. The second-order valence-electron chi connectivity index (χ2n) is 14.9. The summed E-state index contributed by atoms with van der Waals surface area (Å²) in [6.07, 6.45) is 0. The van der Waals surface area contributed by atoms with Crippen LogP contribution in [-0.4, -0.2) is 4.57 Å². The molecule has 0 atom stereocenters. The second kappa shape index (κ2) is 12.9. The van der Waals surface area contributed by atoms with Gasteiger partial charge in [0.25, 0.3) is 0 Å². The maximum absolute atomic E-state index is 6.72. The van der Waals surface area contributed by atoms with Gasteiger partial charge in [-0.3, -0.25) is 0 Å². The fourth-order valence-electron chi connectivity index (χ4n) is 9.03. The quantitative estimate of drug-likeness (QED) is 0.170. The van der Waals surface area contributed by atoms with Crippen molar-refractivity contribution < 1.29 is 8.83 Å². The molecule has 12 aromatic rings. The molecule has 0 aliphatic heterocycles. The molecule has 0 N–H and O–H groups in total.